The number of rotatable bonds is 8. The summed E-state index contributed by atoms with van der Waals surface area (Å²) in [5.74, 6) is 0.0184. The second kappa shape index (κ2) is 8.37. The van der Waals surface area contributed by atoms with Crippen LogP contribution in [0, 0.1) is 0 Å². The topological polar surface area (TPSA) is 46.5 Å². The Morgan fingerprint density at radius 2 is 1.61 bits per heavy atom. The van der Waals surface area contributed by atoms with Crippen molar-refractivity contribution < 1.29 is 14.6 Å². The van der Waals surface area contributed by atoms with Gasteiger partial charge in [0.15, 0.2) is 0 Å². The quantitative estimate of drug-likeness (QED) is 0.710. The average molecular weight is 312 g/mol. The molecular formula is C20H24O3. The summed E-state index contributed by atoms with van der Waals surface area (Å²) in [5, 5.41) is 9.48. The molecule has 1 unspecified atom stereocenters. The summed E-state index contributed by atoms with van der Waals surface area (Å²) in [5.41, 5.74) is 2.09. The molecule has 122 valence electrons. The van der Waals surface area contributed by atoms with Gasteiger partial charge in [-0.05, 0) is 42.0 Å². The molecular weight excluding hydrogens is 288 g/mol. The van der Waals surface area contributed by atoms with Crippen LogP contribution in [-0.4, -0.2) is 17.7 Å². The van der Waals surface area contributed by atoms with Crippen LogP contribution in [0.15, 0.2) is 54.6 Å². The van der Waals surface area contributed by atoms with Gasteiger partial charge in [0.25, 0.3) is 0 Å². The molecule has 3 heteroatoms. The zero-order valence-electron chi connectivity index (χ0n) is 13.7. The van der Waals surface area contributed by atoms with Gasteiger partial charge in [-0.3, -0.25) is 4.79 Å². The maximum absolute atomic E-state index is 11.5. The Hall–Kier alpha value is -2.29. The van der Waals surface area contributed by atoms with Gasteiger partial charge in [-0.15, -0.1) is 0 Å². The first-order valence-electron chi connectivity index (χ1n) is 8.08. The molecule has 0 fully saturated rings. The second-order valence-corrected chi connectivity index (χ2v) is 6.02. The molecule has 1 N–H and O–H groups in total. The molecule has 23 heavy (non-hydrogen) atoms. The highest BCUT2D eigenvalue weighted by atomic mass is 16.5. The predicted molar refractivity (Wildman–Crippen MR) is 92.1 cm³/mol. The Morgan fingerprint density at radius 3 is 2.17 bits per heavy atom. The normalized spacial score (nSPS) is 12.1. The highest BCUT2D eigenvalue weighted by molar-refractivity contribution is 5.76. The van der Waals surface area contributed by atoms with E-state index in [1.54, 1.807) is 0 Å². The van der Waals surface area contributed by atoms with Crippen molar-refractivity contribution in [3.8, 4) is 5.75 Å². The van der Waals surface area contributed by atoms with E-state index >= 15 is 0 Å². The zero-order valence-corrected chi connectivity index (χ0v) is 13.7. The third-order valence-electron chi connectivity index (χ3n) is 3.95. The molecule has 0 radical (unpaired) electrons. The van der Waals surface area contributed by atoms with E-state index in [4.69, 9.17) is 4.74 Å². The van der Waals surface area contributed by atoms with Crippen LogP contribution in [0.2, 0.25) is 0 Å². The molecule has 0 saturated heterocycles. The number of carboxylic acid groups (broad SMARTS) is 1. The van der Waals surface area contributed by atoms with Gasteiger partial charge in [-0.2, -0.15) is 0 Å². The number of hydrogen-bond acceptors (Lipinski definition) is 2. The molecule has 0 spiro atoms. The van der Waals surface area contributed by atoms with Gasteiger partial charge in [0.05, 0.1) is 12.5 Å². The van der Waals surface area contributed by atoms with Crippen LogP contribution in [0.25, 0.3) is 0 Å². The SMILES string of the molecule is CC(C)c1ccc(C(CCCOc2ccccc2)C(=O)O)cc1. The lowest BCUT2D eigenvalue weighted by atomic mass is 9.92. The lowest BCUT2D eigenvalue weighted by molar-refractivity contribution is -0.139. The van der Waals surface area contributed by atoms with E-state index in [1.807, 2.05) is 54.6 Å². The lowest BCUT2D eigenvalue weighted by Gasteiger charge is -2.14. The summed E-state index contributed by atoms with van der Waals surface area (Å²) in [6.07, 6.45) is 1.28. The number of carboxylic acids is 1. The number of benzene rings is 2. The van der Waals surface area contributed by atoms with Crippen LogP contribution in [0.3, 0.4) is 0 Å². The second-order valence-electron chi connectivity index (χ2n) is 6.02. The zero-order chi connectivity index (χ0) is 16.7. The first kappa shape index (κ1) is 17.1. The summed E-state index contributed by atoms with van der Waals surface area (Å²) in [7, 11) is 0. The molecule has 0 aromatic heterocycles. The molecule has 0 aliphatic carbocycles. The Morgan fingerprint density at radius 1 is 1.00 bits per heavy atom. The van der Waals surface area contributed by atoms with Gasteiger partial charge >= 0.3 is 5.97 Å². The van der Waals surface area contributed by atoms with Crippen molar-refractivity contribution in [3.05, 3.63) is 65.7 Å². The molecule has 0 bridgehead atoms. The van der Waals surface area contributed by atoms with Crippen LogP contribution in [0.1, 0.15) is 49.7 Å². The van der Waals surface area contributed by atoms with E-state index < -0.39 is 11.9 Å². The molecule has 2 aromatic rings. The summed E-state index contributed by atoms with van der Waals surface area (Å²) >= 11 is 0. The monoisotopic (exact) mass is 312 g/mol. The molecule has 0 aliphatic rings. The first-order chi connectivity index (χ1) is 11.1. The van der Waals surface area contributed by atoms with Gasteiger partial charge in [0, 0.05) is 0 Å². The van der Waals surface area contributed by atoms with Crippen LogP contribution in [0.5, 0.6) is 5.75 Å². The van der Waals surface area contributed by atoms with Gasteiger partial charge in [-0.25, -0.2) is 0 Å². The van der Waals surface area contributed by atoms with Crippen LogP contribution in [-0.2, 0) is 4.79 Å². The lowest BCUT2D eigenvalue weighted by Crippen LogP contribution is -2.13. The average Bonchev–Trinajstić information content (AvgIpc) is 2.55. The summed E-state index contributed by atoms with van der Waals surface area (Å²) in [4.78, 5) is 11.5. The predicted octanol–water partition coefficient (Wildman–Crippen LogP) is 4.84. The summed E-state index contributed by atoms with van der Waals surface area (Å²) in [6.45, 7) is 4.78. The third-order valence-corrected chi connectivity index (χ3v) is 3.95. The molecule has 0 saturated carbocycles. The fourth-order valence-corrected chi connectivity index (χ4v) is 2.54. The number of carbonyl (C=O) groups is 1. The van der Waals surface area contributed by atoms with Crippen molar-refractivity contribution in [1.82, 2.24) is 0 Å². The van der Waals surface area contributed by atoms with E-state index in [-0.39, 0.29) is 0 Å². The van der Waals surface area contributed by atoms with E-state index in [0.717, 1.165) is 11.3 Å². The van der Waals surface area contributed by atoms with E-state index in [0.29, 0.717) is 25.4 Å². The first-order valence-corrected chi connectivity index (χ1v) is 8.08. The fraction of sp³-hybridized carbons (Fsp3) is 0.350. The Bertz CT molecular complexity index is 603. The Labute approximate surface area is 137 Å². The largest absolute Gasteiger partial charge is 0.494 e. The van der Waals surface area contributed by atoms with Gasteiger partial charge in [0.1, 0.15) is 5.75 Å². The minimum atomic E-state index is -0.776. The van der Waals surface area contributed by atoms with Gasteiger partial charge in [0.2, 0.25) is 0 Å². The molecule has 1 atom stereocenters. The molecule has 0 amide bonds. The molecule has 0 heterocycles. The van der Waals surface area contributed by atoms with Crippen molar-refractivity contribution in [2.45, 2.75) is 38.5 Å². The van der Waals surface area contributed by atoms with Crippen LogP contribution < -0.4 is 4.74 Å². The van der Waals surface area contributed by atoms with Crippen molar-refractivity contribution in [2.75, 3.05) is 6.61 Å². The Kier molecular flexibility index (Phi) is 6.21. The minimum absolute atomic E-state index is 0.451. The third kappa shape index (κ3) is 5.13. The Balaban J connectivity index is 1.90. The van der Waals surface area contributed by atoms with Crippen molar-refractivity contribution in [2.24, 2.45) is 0 Å². The van der Waals surface area contributed by atoms with Crippen molar-refractivity contribution in [3.63, 3.8) is 0 Å². The number of ether oxygens (including phenoxy) is 1. The van der Waals surface area contributed by atoms with E-state index in [2.05, 4.69) is 13.8 Å². The fourth-order valence-electron chi connectivity index (χ4n) is 2.54. The molecule has 3 nitrogen and oxygen atoms in total. The smallest absolute Gasteiger partial charge is 0.310 e. The maximum Gasteiger partial charge on any atom is 0.310 e. The standard InChI is InChI=1S/C20H24O3/c1-15(2)16-10-12-17(13-11-16)19(20(21)22)9-6-14-23-18-7-4-3-5-8-18/h3-5,7-8,10-13,15,19H,6,9,14H2,1-2H3,(H,21,22). The molecule has 2 aromatic carbocycles. The van der Waals surface area contributed by atoms with E-state index in [1.165, 1.54) is 5.56 Å². The highest BCUT2D eigenvalue weighted by Gasteiger charge is 2.19. The highest BCUT2D eigenvalue weighted by Crippen LogP contribution is 2.24. The van der Waals surface area contributed by atoms with Crippen LogP contribution in [0.4, 0.5) is 0 Å². The minimum Gasteiger partial charge on any atom is -0.494 e. The van der Waals surface area contributed by atoms with E-state index in [9.17, 15) is 9.90 Å². The summed E-state index contributed by atoms with van der Waals surface area (Å²) in [6, 6.07) is 17.5. The molecule has 2 rings (SSSR count). The number of aliphatic carboxylic acids is 1. The van der Waals surface area contributed by atoms with Crippen LogP contribution >= 0.6 is 0 Å². The van der Waals surface area contributed by atoms with Gasteiger partial charge in [-0.1, -0.05) is 56.3 Å². The van der Waals surface area contributed by atoms with Crippen molar-refractivity contribution >= 4 is 5.97 Å². The number of para-hydroxylation sites is 1. The number of hydrogen-bond donors (Lipinski definition) is 1. The summed E-state index contributed by atoms with van der Waals surface area (Å²) < 4.78 is 5.63. The maximum atomic E-state index is 11.5. The van der Waals surface area contributed by atoms with Crippen molar-refractivity contribution in [1.29, 1.82) is 0 Å². The van der Waals surface area contributed by atoms with Gasteiger partial charge < -0.3 is 9.84 Å². The molecule has 0 aliphatic heterocycles.